The second kappa shape index (κ2) is 4.54. The van der Waals surface area contributed by atoms with E-state index in [1.165, 1.54) is 0 Å². The molecule has 0 aliphatic carbocycles. The van der Waals surface area contributed by atoms with Gasteiger partial charge in [0.25, 0.3) is 0 Å². The van der Waals surface area contributed by atoms with E-state index < -0.39 is 0 Å². The SMILES string of the molecule is COc1cc(C(C)(C)CO)c(Br)cc1C. The van der Waals surface area contributed by atoms with Gasteiger partial charge in [0.2, 0.25) is 0 Å². The highest BCUT2D eigenvalue weighted by Crippen LogP contribution is 2.34. The van der Waals surface area contributed by atoms with Crippen LogP contribution < -0.4 is 4.74 Å². The van der Waals surface area contributed by atoms with Gasteiger partial charge >= 0.3 is 0 Å². The van der Waals surface area contributed by atoms with Crippen LogP contribution in [0.3, 0.4) is 0 Å². The van der Waals surface area contributed by atoms with Gasteiger partial charge in [0, 0.05) is 9.89 Å². The number of rotatable bonds is 3. The van der Waals surface area contributed by atoms with E-state index in [1.54, 1.807) is 7.11 Å². The van der Waals surface area contributed by atoms with Crippen molar-refractivity contribution >= 4 is 15.9 Å². The first-order valence-electron chi connectivity index (χ1n) is 4.88. The highest BCUT2D eigenvalue weighted by atomic mass is 79.9. The van der Waals surface area contributed by atoms with Gasteiger partial charge in [0.05, 0.1) is 13.7 Å². The summed E-state index contributed by atoms with van der Waals surface area (Å²) in [4.78, 5) is 0. The van der Waals surface area contributed by atoms with Crippen LogP contribution in [0.5, 0.6) is 5.75 Å². The van der Waals surface area contributed by atoms with Gasteiger partial charge in [-0.3, -0.25) is 0 Å². The van der Waals surface area contributed by atoms with Crippen molar-refractivity contribution in [2.45, 2.75) is 26.2 Å². The van der Waals surface area contributed by atoms with Crippen LogP contribution in [0, 0.1) is 6.92 Å². The van der Waals surface area contributed by atoms with Crippen LogP contribution in [0.25, 0.3) is 0 Å². The van der Waals surface area contributed by atoms with E-state index in [4.69, 9.17) is 4.74 Å². The lowest BCUT2D eigenvalue weighted by Gasteiger charge is -2.24. The molecule has 1 rings (SSSR count). The first-order chi connectivity index (χ1) is 6.92. The monoisotopic (exact) mass is 272 g/mol. The Hall–Kier alpha value is -0.540. The number of methoxy groups -OCH3 is 1. The van der Waals surface area contributed by atoms with Crippen molar-refractivity contribution in [3.05, 3.63) is 27.7 Å². The van der Waals surface area contributed by atoms with Gasteiger partial charge in [-0.2, -0.15) is 0 Å². The van der Waals surface area contributed by atoms with Crippen molar-refractivity contribution in [2.24, 2.45) is 0 Å². The van der Waals surface area contributed by atoms with Crippen LogP contribution in [0.15, 0.2) is 16.6 Å². The number of hydrogen-bond donors (Lipinski definition) is 1. The van der Waals surface area contributed by atoms with E-state index in [0.29, 0.717) is 0 Å². The molecule has 0 saturated heterocycles. The minimum atomic E-state index is -0.264. The molecular weight excluding hydrogens is 256 g/mol. The summed E-state index contributed by atoms with van der Waals surface area (Å²) in [5.41, 5.74) is 1.88. The Kier molecular flexibility index (Phi) is 3.79. The van der Waals surface area contributed by atoms with E-state index in [-0.39, 0.29) is 12.0 Å². The molecule has 0 radical (unpaired) electrons. The van der Waals surface area contributed by atoms with Crippen LogP contribution in [0.2, 0.25) is 0 Å². The zero-order chi connectivity index (χ0) is 11.6. The number of ether oxygens (including phenoxy) is 1. The van der Waals surface area contributed by atoms with Crippen LogP contribution in [0.4, 0.5) is 0 Å². The number of halogens is 1. The Morgan fingerprint density at radius 2 is 2.00 bits per heavy atom. The second-order valence-electron chi connectivity index (χ2n) is 4.34. The van der Waals surface area contributed by atoms with E-state index in [1.807, 2.05) is 32.9 Å². The Bertz CT molecular complexity index is 359. The molecule has 0 bridgehead atoms. The number of hydrogen-bond acceptors (Lipinski definition) is 2. The van der Waals surface area contributed by atoms with Gasteiger partial charge in [0.15, 0.2) is 0 Å². The maximum Gasteiger partial charge on any atom is 0.122 e. The molecule has 0 amide bonds. The molecule has 0 fully saturated rings. The molecule has 0 aliphatic heterocycles. The number of aliphatic hydroxyl groups excluding tert-OH is 1. The molecule has 2 nitrogen and oxygen atoms in total. The van der Waals surface area contributed by atoms with Gasteiger partial charge in [-0.05, 0) is 30.2 Å². The molecule has 15 heavy (non-hydrogen) atoms. The maximum atomic E-state index is 9.34. The van der Waals surface area contributed by atoms with Gasteiger partial charge in [-0.1, -0.05) is 29.8 Å². The predicted octanol–water partition coefficient (Wildman–Crippen LogP) is 3.04. The lowest BCUT2D eigenvalue weighted by atomic mass is 9.85. The van der Waals surface area contributed by atoms with Gasteiger partial charge in [0.1, 0.15) is 5.75 Å². The maximum absolute atomic E-state index is 9.34. The molecule has 0 unspecified atom stereocenters. The van der Waals surface area contributed by atoms with Crippen molar-refractivity contribution in [3.8, 4) is 5.75 Å². The molecule has 0 aliphatic rings. The predicted molar refractivity (Wildman–Crippen MR) is 65.5 cm³/mol. The molecule has 0 saturated carbocycles. The van der Waals surface area contributed by atoms with Crippen LogP contribution in [-0.2, 0) is 5.41 Å². The van der Waals surface area contributed by atoms with Crippen LogP contribution >= 0.6 is 15.9 Å². The van der Waals surface area contributed by atoms with E-state index >= 15 is 0 Å². The van der Waals surface area contributed by atoms with Crippen molar-refractivity contribution in [3.63, 3.8) is 0 Å². The fraction of sp³-hybridized carbons (Fsp3) is 0.500. The van der Waals surface area contributed by atoms with Crippen LogP contribution in [0.1, 0.15) is 25.0 Å². The fourth-order valence-electron chi connectivity index (χ4n) is 1.48. The third kappa shape index (κ3) is 2.52. The first kappa shape index (κ1) is 12.5. The number of aryl methyl sites for hydroxylation is 1. The zero-order valence-electron chi connectivity index (χ0n) is 9.60. The van der Waals surface area contributed by atoms with Crippen molar-refractivity contribution in [1.82, 2.24) is 0 Å². The molecule has 1 N–H and O–H groups in total. The van der Waals surface area contributed by atoms with Crippen molar-refractivity contribution < 1.29 is 9.84 Å². The summed E-state index contributed by atoms with van der Waals surface area (Å²) in [6.07, 6.45) is 0. The highest BCUT2D eigenvalue weighted by Gasteiger charge is 2.23. The van der Waals surface area contributed by atoms with Gasteiger partial charge < -0.3 is 9.84 Å². The quantitative estimate of drug-likeness (QED) is 0.917. The lowest BCUT2D eigenvalue weighted by Crippen LogP contribution is -2.22. The highest BCUT2D eigenvalue weighted by molar-refractivity contribution is 9.10. The standard InChI is InChI=1S/C12H17BrO2/c1-8-5-10(13)9(6-11(8)15-4)12(2,3)7-14/h5-6,14H,7H2,1-4H3. The fourth-order valence-corrected chi connectivity index (χ4v) is 2.47. The number of aliphatic hydroxyl groups is 1. The first-order valence-corrected chi connectivity index (χ1v) is 5.67. The third-order valence-corrected chi connectivity index (χ3v) is 3.27. The Morgan fingerprint density at radius 3 is 2.47 bits per heavy atom. The summed E-state index contributed by atoms with van der Waals surface area (Å²) in [5, 5.41) is 9.34. The lowest BCUT2D eigenvalue weighted by molar-refractivity contribution is 0.217. The van der Waals surface area contributed by atoms with Crippen molar-refractivity contribution in [1.29, 1.82) is 0 Å². The largest absolute Gasteiger partial charge is 0.496 e. The summed E-state index contributed by atoms with van der Waals surface area (Å²) in [6, 6.07) is 4.00. The van der Waals surface area contributed by atoms with Crippen molar-refractivity contribution in [2.75, 3.05) is 13.7 Å². The Labute approximate surface area is 99.4 Å². The average molecular weight is 273 g/mol. The number of benzene rings is 1. The molecule has 1 aromatic rings. The minimum Gasteiger partial charge on any atom is -0.496 e. The van der Waals surface area contributed by atoms with E-state index in [2.05, 4.69) is 15.9 Å². The molecule has 0 aromatic heterocycles. The molecule has 84 valence electrons. The van der Waals surface area contributed by atoms with E-state index in [0.717, 1.165) is 21.3 Å². The molecule has 1 aromatic carbocycles. The Balaban J connectivity index is 3.30. The van der Waals surface area contributed by atoms with Crippen LogP contribution in [-0.4, -0.2) is 18.8 Å². The summed E-state index contributed by atoms with van der Waals surface area (Å²) < 4.78 is 6.29. The molecule has 0 spiro atoms. The molecule has 0 atom stereocenters. The second-order valence-corrected chi connectivity index (χ2v) is 5.20. The summed E-state index contributed by atoms with van der Waals surface area (Å²) in [5.74, 6) is 0.856. The van der Waals surface area contributed by atoms with E-state index in [9.17, 15) is 5.11 Å². The third-order valence-electron chi connectivity index (χ3n) is 2.61. The Morgan fingerprint density at radius 1 is 1.40 bits per heavy atom. The minimum absolute atomic E-state index is 0.109. The smallest absolute Gasteiger partial charge is 0.122 e. The normalized spacial score (nSPS) is 11.6. The summed E-state index contributed by atoms with van der Waals surface area (Å²) in [7, 11) is 1.66. The topological polar surface area (TPSA) is 29.5 Å². The van der Waals surface area contributed by atoms with Gasteiger partial charge in [-0.15, -0.1) is 0 Å². The zero-order valence-corrected chi connectivity index (χ0v) is 11.2. The molecular formula is C12H17BrO2. The summed E-state index contributed by atoms with van der Waals surface area (Å²) >= 11 is 3.52. The average Bonchev–Trinajstić information content (AvgIpc) is 2.17. The molecule has 3 heteroatoms. The van der Waals surface area contributed by atoms with Gasteiger partial charge in [-0.25, -0.2) is 0 Å². The molecule has 0 heterocycles. The summed E-state index contributed by atoms with van der Waals surface area (Å²) in [6.45, 7) is 6.11.